The van der Waals surface area contributed by atoms with Crippen LogP contribution < -0.4 is 0 Å². The van der Waals surface area contributed by atoms with Crippen LogP contribution in [-0.4, -0.2) is 92.0 Å². The van der Waals surface area contributed by atoms with Gasteiger partial charge in [0.15, 0.2) is 5.79 Å². The van der Waals surface area contributed by atoms with Gasteiger partial charge in [-0.25, -0.2) is 0 Å². The van der Waals surface area contributed by atoms with Crippen LogP contribution in [0, 0.1) is 0 Å². The molecule has 0 unspecified atom stereocenters. The summed E-state index contributed by atoms with van der Waals surface area (Å²) in [5, 5.41) is 0. The molecule has 0 radical (unpaired) electrons. The molecule has 3 aliphatic heterocycles. The fourth-order valence-electron chi connectivity index (χ4n) is 3.63. The van der Waals surface area contributed by atoms with Crippen LogP contribution in [0.1, 0.15) is 26.2 Å². The predicted molar refractivity (Wildman–Crippen MR) is 83.6 cm³/mol. The average Bonchev–Trinajstić information content (AvgIpc) is 3.02. The first-order valence-electron chi connectivity index (χ1n) is 8.71. The van der Waals surface area contributed by atoms with Gasteiger partial charge < -0.3 is 24.2 Å². The van der Waals surface area contributed by atoms with Crippen LogP contribution in [0.3, 0.4) is 0 Å². The standard InChI is InChI=1S/C16H29N3O3/c1-2-17-9-11-19(12-10-17)15(20)3-6-18-7-4-16(5-8-18)21-13-14-22-16/h2-14H2,1H3. The van der Waals surface area contributed by atoms with E-state index >= 15 is 0 Å². The van der Waals surface area contributed by atoms with Crippen molar-refractivity contribution in [2.75, 3.05) is 65.6 Å². The predicted octanol–water partition coefficient (Wildman–Crippen LogP) is 0.380. The molecule has 22 heavy (non-hydrogen) atoms. The highest BCUT2D eigenvalue weighted by Crippen LogP contribution is 2.31. The van der Waals surface area contributed by atoms with Crippen LogP contribution in [0.15, 0.2) is 0 Å². The van der Waals surface area contributed by atoms with Gasteiger partial charge in [0, 0.05) is 65.1 Å². The average molecular weight is 311 g/mol. The molecule has 0 saturated carbocycles. The summed E-state index contributed by atoms with van der Waals surface area (Å²) in [6, 6.07) is 0. The van der Waals surface area contributed by atoms with E-state index < -0.39 is 0 Å². The van der Waals surface area contributed by atoms with Gasteiger partial charge >= 0.3 is 0 Å². The number of hydrogen-bond donors (Lipinski definition) is 0. The number of likely N-dealkylation sites (tertiary alicyclic amines) is 1. The number of amides is 1. The van der Waals surface area contributed by atoms with Crippen molar-refractivity contribution in [3.63, 3.8) is 0 Å². The Balaban J connectivity index is 1.35. The van der Waals surface area contributed by atoms with E-state index in [0.29, 0.717) is 12.3 Å². The second kappa shape index (κ2) is 7.25. The zero-order valence-electron chi connectivity index (χ0n) is 13.8. The Bertz CT molecular complexity index is 367. The maximum absolute atomic E-state index is 12.3. The Labute approximate surface area is 133 Å². The van der Waals surface area contributed by atoms with Gasteiger partial charge in [-0.1, -0.05) is 6.92 Å². The fourth-order valence-corrected chi connectivity index (χ4v) is 3.63. The summed E-state index contributed by atoms with van der Waals surface area (Å²) in [4.78, 5) is 19.1. The van der Waals surface area contributed by atoms with Crippen molar-refractivity contribution in [1.82, 2.24) is 14.7 Å². The van der Waals surface area contributed by atoms with Gasteiger partial charge in [0.05, 0.1) is 13.2 Å². The highest BCUT2D eigenvalue weighted by Gasteiger charge is 2.39. The van der Waals surface area contributed by atoms with Gasteiger partial charge in [0.1, 0.15) is 0 Å². The Morgan fingerprint density at radius 1 is 0.955 bits per heavy atom. The van der Waals surface area contributed by atoms with E-state index in [2.05, 4.69) is 16.7 Å². The van der Waals surface area contributed by atoms with Crippen LogP contribution in [0.4, 0.5) is 0 Å². The summed E-state index contributed by atoms with van der Waals surface area (Å²) in [6.07, 6.45) is 2.49. The molecule has 6 heteroatoms. The molecule has 6 nitrogen and oxygen atoms in total. The lowest BCUT2D eigenvalue weighted by Crippen LogP contribution is -2.49. The first-order chi connectivity index (χ1) is 10.7. The third-order valence-electron chi connectivity index (χ3n) is 5.25. The number of nitrogens with zero attached hydrogens (tertiary/aromatic N) is 3. The molecule has 3 rings (SSSR count). The monoisotopic (exact) mass is 311 g/mol. The fraction of sp³-hybridized carbons (Fsp3) is 0.938. The quantitative estimate of drug-likeness (QED) is 0.751. The minimum absolute atomic E-state index is 0.309. The number of piperazine rings is 1. The minimum Gasteiger partial charge on any atom is -0.347 e. The van der Waals surface area contributed by atoms with Crippen LogP contribution in [0.5, 0.6) is 0 Å². The van der Waals surface area contributed by atoms with E-state index in [9.17, 15) is 4.79 Å². The molecule has 0 aromatic carbocycles. The lowest BCUT2D eigenvalue weighted by Gasteiger charge is -2.38. The molecule has 0 bridgehead atoms. The maximum Gasteiger partial charge on any atom is 0.223 e. The molecule has 3 fully saturated rings. The van der Waals surface area contributed by atoms with Gasteiger partial charge in [0.25, 0.3) is 0 Å². The molecular formula is C16H29N3O3. The van der Waals surface area contributed by atoms with Crippen molar-refractivity contribution in [3.05, 3.63) is 0 Å². The molecule has 0 aromatic heterocycles. The molecule has 1 amide bonds. The van der Waals surface area contributed by atoms with Crippen molar-refractivity contribution in [3.8, 4) is 0 Å². The van der Waals surface area contributed by atoms with Crippen molar-refractivity contribution >= 4 is 5.91 Å². The van der Waals surface area contributed by atoms with Crippen LogP contribution in [0.2, 0.25) is 0 Å². The number of carbonyl (C=O) groups excluding carboxylic acids is 1. The van der Waals surface area contributed by atoms with Crippen LogP contribution >= 0.6 is 0 Å². The molecule has 0 N–H and O–H groups in total. The summed E-state index contributed by atoms with van der Waals surface area (Å²) in [6.45, 7) is 11.3. The first kappa shape index (κ1) is 16.2. The van der Waals surface area contributed by atoms with Crippen LogP contribution in [0.25, 0.3) is 0 Å². The zero-order chi connectivity index (χ0) is 15.4. The summed E-state index contributed by atoms with van der Waals surface area (Å²) >= 11 is 0. The summed E-state index contributed by atoms with van der Waals surface area (Å²) in [7, 11) is 0. The SMILES string of the molecule is CCN1CCN(C(=O)CCN2CCC3(CC2)OCCO3)CC1. The van der Waals surface area contributed by atoms with E-state index in [1.165, 1.54) is 0 Å². The molecule has 3 heterocycles. The molecule has 3 aliphatic rings. The second-order valence-corrected chi connectivity index (χ2v) is 6.51. The number of carbonyl (C=O) groups is 1. The number of likely N-dealkylation sites (N-methyl/N-ethyl adjacent to an activating group) is 1. The van der Waals surface area contributed by atoms with Gasteiger partial charge in [-0.15, -0.1) is 0 Å². The molecule has 3 saturated heterocycles. The zero-order valence-corrected chi connectivity index (χ0v) is 13.8. The minimum atomic E-state index is -0.309. The summed E-state index contributed by atoms with van der Waals surface area (Å²) in [5.74, 6) is 0.00109. The van der Waals surface area contributed by atoms with Gasteiger partial charge in [0.2, 0.25) is 5.91 Å². The normalized spacial score (nSPS) is 26.7. The van der Waals surface area contributed by atoms with Gasteiger partial charge in [-0.05, 0) is 6.54 Å². The van der Waals surface area contributed by atoms with E-state index in [-0.39, 0.29) is 5.79 Å². The van der Waals surface area contributed by atoms with Gasteiger partial charge in [-0.3, -0.25) is 4.79 Å². The number of ether oxygens (including phenoxy) is 2. The molecule has 0 aliphatic carbocycles. The Morgan fingerprint density at radius 2 is 1.59 bits per heavy atom. The Hall–Kier alpha value is -0.690. The molecule has 0 atom stereocenters. The van der Waals surface area contributed by atoms with E-state index in [1.54, 1.807) is 0 Å². The second-order valence-electron chi connectivity index (χ2n) is 6.51. The third kappa shape index (κ3) is 3.79. The Morgan fingerprint density at radius 3 is 2.18 bits per heavy atom. The topological polar surface area (TPSA) is 45.2 Å². The lowest BCUT2D eigenvalue weighted by molar-refractivity contribution is -0.185. The smallest absolute Gasteiger partial charge is 0.223 e. The largest absolute Gasteiger partial charge is 0.347 e. The molecule has 126 valence electrons. The van der Waals surface area contributed by atoms with E-state index in [4.69, 9.17) is 9.47 Å². The number of hydrogen-bond acceptors (Lipinski definition) is 5. The highest BCUT2D eigenvalue weighted by molar-refractivity contribution is 5.76. The van der Waals surface area contributed by atoms with Crippen LogP contribution in [-0.2, 0) is 14.3 Å². The van der Waals surface area contributed by atoms with Gasteiger partial charge in [-0.2, -0.15) is 0 Å². The van der Waals surface area contributed by atoms with Crippen molar-refractivity contribution < 1.29 is 14.3 Å². The van der Waals surface area contributed by atoms with Crippen molar-refractivity contribution in [2.45, 2.75) is 32.0 Å². The summed E-state index contributed by atoms with van der Waals surface area (Å²) < 4.78 is 11.5. The number of piperidine rings is 1. The van der Waals surface area contributed by atoms with E-state index in [1.807, 2.05) is 4.90 Å². The first-order valence-corrected chi connectivity index (χ1v) is 8.71. The van der Waals surface area contributed by atoms with Crippen molar-refractivity contribution in [2.24, 2.45) is 0 Å². The number of rotatable bonds is 4. The summed E-state index contributed by atoms with van der Waals surface area (Å²) in [5.41, 5.74) is 0. The molecule has 1 spiro atoms. The lowest BCUT2D eigenvalue weighted by atomic mass is 10.0. The third-order valence-corrected chi connectivity index (χ3v) is 5.25. The highest BCUT2D eigenvalue weighted by atomic mass is 16.7. The Kier molecular flexibility index (Phi) is 5.33. The van der Waals surface area contributed by atoms with E-state index in [0.717, 1.165) is 78.4 Å². The molecule has 0 aromatic rings. The molecular weight excluding hydrogens is 282 g/mol. The van der Waals surface area contributed by atoms with Crippen molar-refractivity contribution in [1.29, 1.82) is 0 Å². The maximum atomic E-state index is 12.3.